The number of anilines is 1. The van der Waals surface area contributed by atoms with Gasteiger partial charge in [-0.2, -0.15) is 0 Å². The Hall–Kier alpha value is -2.03. The minimum absolute atomic E-state index is 0.102. The quantitative estimate of drug-likeness (QED) is 0.711. The summed E-state index contributed by atoms with van der Waals surface area (Å²) in [6, 6.07) is 3.40. The van der Waals surface area contributed by atoms with E-state index in [4.69, 9.17) is 9.47 Å². The molecule has 8 nitrogen and oxygen atoms in total. The number of carbonyl (C=O) groups is 1. The molecule has 168 valence electrons. The molecule has 0 saturated carbocycles. The lowest BCUT2D eigenvalue weighted by molar-refractivity contribution is 0.0322. The van der Waals surface area contributed by atoms with Crippen LogP contribution in [0.2, 0.25) is 0 Å². The van der Waals surface area contributed by atoms with E-state index in [-0.39, 0.29) is 17.2 Å². The van der Waals surface area contributed by atoms with Crippen LogP contribution < -0.4 is 10.1 Å². The van der Waals surface area contributed by atoms with Gasteiger partial charge in [-0.15, -0.1) is 0 Å². The first kappa shape index (κ1) is 22.7. The van der Waals surface area contributed by atoms with E-state index in [1.807, 2.05) is 26.8 Å². The Morgan fingerprint density at radius 2 is 1.80 bits per heavy atom. The highest BCUT2D eigenvalue weighted by molar-refractivity contribution is 5.91. The van der Waals surface area contributed by atoms with Gasteiger partial charge in [0.15, 0.2) is 0 Å². The molecule has 30 heavy (non-hydrogen) atoms. The van der Waals surface area contributed by atoms with E-state index >= 15 is 0 Å². The molecule has 2 aliphatic rings. The zero-order valence-electron chi connectivity index (χ0n) is 18.7. The highest BCUT2D eigenvalue weighted by atomic mass is 16.5. The van der Waals surface area contributed by atoms with Gasteiger partial charge in [-0.1, -0.05) is 20.8 Å². The van der Waals surface area contributed by atoms with Gasteiger partial charge >= 0.3 is 6.03 Å². The summed E-state index contributed by atoms with van der Waals surface area (Å²) in [5.41, 5.74) is 0.855. The lowest BCUT2D eigenvalue weighted by atomic mass is 9.85. The Labute approximate surface area is 179 Å². The van der Waals surface area contributed by atoms with Crippen LogP contribution in [0.1, 0.15) is 26.3 Å². The lowest BCUT2D eigenvalue weighted by Crippen LogP contribution is -2.48. The molecule has 2 N–H and O–H groups in total. The van der Waals surface area contributed by atoms with Crippen molar-refractivity contribution in [1.29, 1.82) is 0 Å². The first-order valence-electron chi connectivity index (χ1n) is 10.8. The van der Waals surface area contributed by atoms with Crippen molar-refractivity contribution in [2.24, 2.45) is 0 Å². The lowest BCUT2D eigenvalue weighted by Gasteiger charge is -2.32. The number of carbonyl (C=O) groups excluding carboxylic acids is 1. The maximum Gasteiger partial charge on any atom is 0.322 e. The van der Waals surface area contributed by atoms with E-state index in [1.165, 1.54) is 0 Å². The Kier molecular flexibility index (Phi) is 7.44. The number of urea groups is 1. The molecule has 0 atom stereocenters. The van der Waals surface area contributed by atoms with Crippen LogP contribution in [0.4, 0.5) is 10.5 Å². The van der Waals surface area contributed by atoms with E-state index in [9.17, 15) is 9.90 Å². The highest BCUT2D eigenvalue weighted by Gasteiger charge is 2.25. The van der Waals surface area contributed by atoms with Gasteiger partial charge in [0.1, 0.15) is 18.1 Å². The number of amides is 2. The van der Waals surface area contributed by atoms with Crippen molar-refractivity contribution in [2.75, 3.05) is 78.0 Å². The van der Waals surface area contributed by atoms with Crippen LogP contribution in [0, 0.1) is 0 Å². The molecule has 8 heteroatoms. The first-order chi connectivity index (χ1) is 14.2. The Balaban J connectivity index is 1.70. The molecule has 0 unspecified atom stereocenters. The number of hydrogen-bond donors (Lipinski definition) is 2. The molecule has 2 amide bonds. The van der Waals surface area contributed by atoms with Crippen molar-refractivity contribution in [1.82, 2.24) is 14.7 Å². The first-order valence-corrected chi connectivity index (χ1v) is 10.8. The second kappa shape index (κ2) is 9.85. The summed E-state index contributed by atoms with van der Waals surface area (Å²) in [5.74, 6) is 0.755. The summed E-state index contributed by atoms with van der Waals surface area (Å²) in [6.07, 6.45) is 0. The number of benzene rings is 1. The Morgan fingerprint density at radius 1 is 1.13 bits per heavy atom. The molecule has 2 aliphatic heterocycles. The van der Waals surface area contributed by atoms with Gasteiger partial charge in [-0.05, 0) is 18.5 Å². The third-order valence-corrected chi connectivity index (χ3v) is 5.70. The van der Waals surface area contributed by atoms with Crippen LogP contribution in [0.25, 0.3) is 0 Å². The van der Waals surface area contributed by atoms with Gasteiger partial charge in [0.25, 0.3) is 0 Å². The molecule has 0 radical (unpaired) electrons. The summed E-state index contributed by atoms with van der Waals surface area (Å²) >= 11 is 0. The zero-order valence-corrected chi connectivity index (χ0v) is 18.7. The van der Waals surface area contributed by atoms with Gasteiger partial charge in [-0.25, -0.2) is 4.79 Å². The number of phenolic OH excluding ortho intramolecular Hbond substituents is 1. The predicted octanol–water partition coefficient (Wildman–Crippen LogP) is 2.18. The van der Waals surface area contributed by atoms with Gasteiger partial charge in [0.05, 0.1) is 18.9 Å². The van der Waals surface area contributed by atoms with E-state index in [0.717, 1.165) is 51.5 Å². The molecule has 2 saturated heterocycles. The molecule has 0 aliphatic carbocycles. The van der Waals surface area contributed by atoms with Gasteiger partial charge in [0, 0.05) is 57.4 Å². The average molecular weight is 421 g/mol. The monoisotopic (exact) mass is 420 g/mol. The Bertz CT molecular complexity index is 721. The summed E-state index contributed by atoms with van der Waals surface area (Å²) in [4.78, 5) is 19.0. The molecule has 3 rings (SSSR count). The van der Waals surface area contributed by atoms with Crippen LogP contribution in [0.15, 0.2) is 12.1 Å². The largest absolute Gasteiger partial charge is 0.505 e. The predicted molar refractivity (Wildman–Crippen MR) is 118 cm³/mol. The van der Waals surface area contributed by atoms with E-state index < -0.39 is 0 Å². The average Bonchev–Trinajstić information content (AvgIpc) is 2.70. The number of morpholine rings is 1. The highest BCUT2D eigenvalue weighted by Crippen LogP contribution is 2.39. The van der Waals surface area contributed by atoms with Gasteiger partial charge < -0.3 is 29.7 Å². The molecule has 0 spiro atoms. The number of hydrogen-bond acceptors (Lipinski definition) is 6. The molecule has 2 fully saturated rings. The molecule has 2 heterocycles. The molecular weight excluding hydrogens is 384 g/mol. The smallest absolute Gasteiger partial charge is 0.322 e. The SMILES string of the molecule is CN1CCN(C(=O)Nc2cc(OCCN3CCOCC3)cc(C(C)(C)C)c2O)CC1. The topological polar surface area (TPSA) is 77.5 Å². The maximum absolute atomic E-state index is 12.7. The molecule has 1 aromatic carbocycles. The van der Waals surface area contributed by atoms with Crippen LogP contribution in [0.5, 0.6) is 11.5 Å². The van der Waals surface area contributed by atoms with Crippen LogP contribution >= 0.6 is 0 Å². The third-order valence-electron chi connectivity index (χ3n) is 5.70. The fourth-order valence-corrected chi connectivity index (χ4v) is 3.68. The van der Waals surface area contributed by atoms with Crippen molar-refractivity contribution in [3.05, 3.63) is 17.7 Å². The van der Waals surface area contributed by atoms with Crippen molar-refractivity contribution < 1.29 is 19.4 Å². The third kappa shape index (κ3) is 6.00. The molecular formula is C22H36N4O4. The number of ether oxygens (including phenoxy) is 2. The van der Waals surface area contributed by atoms with E-state index in [1.54, 1.807) is 11.0 Å². The van der Waals surface area contributed by atoms with Crippen molar-refractivity contribution in [3.63, 3.8) is 0 Å². The summed E-state index contributed by atoms with van der Waals surface area (Å²) in [5, 5.41) is 13.7. The standard InChI is InChI=1S/C22H36N4O4/c1-22(2,3)18-15-17(30-14-11-25-9-12-29-13-10-25)16-19(20(18)27)23-21(28)26-7-5-24(4)6-8-26/h15-16,27H,5-14H2,1-4H3,(H,23,28). The van der Waals surface area contributed by atoms with Crippen LogP contribution in [-0.2, 0) is 10.2 Å². The van der Waals surface area contributed by atoms with Gasteiger partial charge in [-0.3, -0.25) is 4.90 Å². The minimum Gasteiger partial charge on any atom is -0.505 e. The number of aromatic hydroxyl groups is 1. The zero-order chi connectivity index (χ0) is 21.7. The number of phenols is 1. The Morgan fingerprint density at radius 3 is 2.43 bits per heavy atom. The number of nitrogens with one attached hydrogen (secondary N) is 1. The molecule has 1 aromatic rings. The second-order valence-electron chi connectivity index (χ2n) is 9.14. The number of nitrogens with zero attached hydrogens (tertiary/aromatic N) is 3. The van der Waals surface area contributed by atoms with Crippen LogP contribution in [-0.4, -0.2) is 98.5 Å². The van der Waals surface area contributed by atoms with Crippen molar-refractivity contribution >= 4 is 11.7 Å². The second-order valence-corrected chi connectivity index (χ2v) is 9.14. The summed E-state index contributed by atoms with van der Waals surface area (Å²) in [7, 11) is 2.05. The number of rotatable bonds is 5. The minimum atomic E-state index is -0.291. The van der Waals surface area contributed by atoms with Crippen molar-refractivity contribution in [3.8, 4) is 11.5 Å². The fraction of sp³-hybridized carbons (Fsp3) is 0.682. The number of piperazine rings is 1. The van der Waals surface area contributed by atoms with E-state index in [0.29, 0.717) is 31.1 Å². The maximum atomic E-state index is 12.7. The number of likely N-dealkylation sites (N-methyl/N-ethyl adjacent to an activating group) is 1. The molecule has 0 bridgehead atoms. The van der Waals surface area contributed by atoms with Gasteiger partial charge in [0.2, 0.25) is 0 Å². The fourth-order valence-electron chi connectivity index (χ4n) is 3.68. The molecule has 0 aromatic heterocycles. The summed E-state index contributed by atoms with van der Waals surface area (Å²) in [6.45, 7) is 13.8. The van der Waals surface area contributed by atoms with E-state index in [2.05, 4.69) is 22.2 Å². The van der Waals surface area contributed by atoms with Crippen LogP contribution in [0.3, 0.4) is 0 Å². The summed E-state index contributed by atoms with van der Waals surface area (Å²) < 4.78 is 11.4. The van der Waals surface area contributed by atoms with Crippen molar-refractivity contribution in [2.45, 2.75) is 26.2 Å². The normalized spacial score (nSPS) is 19.0.